The average Bonchev–Trinajstić information content (AvgIpc) is 1.99. The predicted octanol–water partition coefficient (Wildman–Crippen LogP) is 0.0719. The first-order chi connectivity index (χ1) is 5.52. The molecule has 0 fully saturated rings. The summed E-state index contributed by atoms with van der Waals surface area (Å²) in [5.74, 6) is 0.600. The zero-order chi connectivity index (χ0) is 9.30. The maximum Gasteiger partial charge on any atom is 0.255 e. The molecule has 67 valence electrons. The Hall–Kier alpha value is -0.320. The fourth-order valence-electron chi connectivity index (χ4n) is 0.842. The fraction of sp³-hybridized carbons (Fsp3) is 0.500. The van der Waals surface area contributed by atoms with Gasteiger partial charge in [0.15, 0.2) is 0 Å². The van der Waals surface area contributed by atoms with E-state index in [0.717, 1.165) is 5.69 Å². The Kier molecular flexibility index (Phi) is 4.67. The fourth-order valence-corrected chi connectivity index (χ4v) is 0.842. The molecule has 0 aliphatic heterocycles. The molecule has 0 amide bonds. The average molecular weight is 190 g/mol. The maximum atomic E-state index is 11.2. The Morgan fingerprint density at radius 3 is 2.23 bits per heavy atom. The number of aryl methyl sites for hydroxylation is 1. The van der Waals surface area contributed by atoms with Crippen molar-refractivity contribution in [3.63, 3.8) is 0 Å². The van der Waals surface area contributed by atoms with E-state index in [1.54, 1.807) is 11.8 Å². The molecular weight excluding hydrogens is 177 g/mol. The van der Waals surface area contributed by atoms with Crippen LogP contribution in [0.2, 0.25) is 0 Å². The van der Waals surface area contributed by atoms with Gasteiger partial charge < -0.3 is 4.90 Å². The summed E-state index contributed by atoms with van der Waals surface area (Å²) >= 11 is 0. The molecule has 1 N–H and O–H groups in total. The SMILES string of the molecule is Cc1nc(N(C)C)[nH]c(=O)c1C.[Na]. The minimum atomic E-state index is -0.0637. The largest absolute Gasteiger partial charge is 0.348 e. The van der Waals surface area contributed by atoms with Gasteiger partial charge in [0.05, 0.1) is 0 Å². The number of hydrogen-bond donors (Lipinski definition) is 1. The van der Waals surface area contributed by atoms with Gasteiger partial charge in [0.1, 0.15) is 0 Å². The number of rotatable bonds is 1. The monoisotopic (exact) mass is 190 g/mol. The van der Waals surface area contributed by atoms with Crippen LogP contribution in [0, 0.1) is 13.8 Å². The van der Waals surface area contributed by atoms with Crippen molar-refractivity contribution in [1.29, 1.82) is 0 Å². The van der Waals surface area contributed by atoms with E-state index in [1.165, 1.54) is 0 Å². The van der Waals surface area contributed by atoms with Gasteiger partial charge in [-0.3, -0.25) is 9.78 Å². The molecule has 4 nitrogen and oxygen atoms in total. The third-order valence-corrected chi connectivity index (χ3v) is 1.81. The van der Waals surface area contributed by atoms with Crippen LogP contribution >= 0.6 is 0 Å². The summed E-state index contributed by atoms with van der Waals surface area (Å²) in [5, 5.41) is 0. The first kappa shape index (κ1) is 12.7. The van der Waals surface area contributed by atoms with E-state index in [9.17, 15) is 4.79 Å². The second kappa shape index (κ2) is 4.79. The number of nitrogens with one attached hydrogen (secondary N) is 1. The minimum absolute atomic E-state index is 0. The zero-order valence-corrected chi connectivity index (χ0v) is 10.8. The second-order valence-electron chi connectivity index (χ2n) is 2.99. The summed E-state index contributed by atoms with van der Waals surface area (Å²) in [6.45, 7) is 3.60. The van der Waals surface area contributed by atoms with Gasteiger partial charge in [0.2, 0.25) is 5.95 Å². The second-order valence-corrected chi connectivity index (χ2v) is 2.99. The van der Waals surface area contributed by atoms with Crippen LogP contribution < -0.4 is 10.5 Å². The molecule has 0 aliphatic rings. The molecule has 1 aromatic heterocycles. The van der Waals surface area contributed by atoms with Crippen molar-refractivity contribution in [2.75, 3.05) is 19.0 Å². The van der Waals surface area contributed by atoms with E-state index < -0.39 is 0 Å². The van der Waals surface area contributed by atoms with Crippen molar-refractivity contribution in [2.24, 2.45) is 0 Å². The van der Waals surface area contributed by atoms with Crippen molar-refractivity contribution >= 4 is 35.5 Å². The normalized spacial score (nSPS) is 9.23. The molecular formula is C8H13N3NaO. The topological polar surface area (TPSA) is 49.0 Å². The Labute approximate surface area is 99.7 Å². The number of anilines is 1. The van der Waals surface area contributed by atoms with E-state index in [0.29, 0.717) is 11.5 Å². The summed E-state index contributed by atoms with van der Waals surface area (Å²) in [4.78, 5) is 19.9. The number of nitrogens with zero attached hydrogens (tertiary/aromatic N) is 2. The van der Waals surface area contributed by atoms with Gasteiger partial charge in [-0.1, -0.05) is 0 Å². The third-order valence-electron chi connectivity index (χ3n) is 1.81. The van der Waals surface area contributed by atoms with Crippen LogP contribution in [0.1, 0.15) is 11.3 Å². The van der Waals surface area contributed by atoms with Crippen LogP contribution in [0.15, 0.2) is 4.79 Å². The van der Waals surface area contributed by atoms with Gasteiger partial charge in [-0.2, -0.15) is 0 Å². The Morgan fingerprint density at radius 1 is 1.31 bits per heavy atom. The molecule has 0 bridgehead atoms. The van der Waals surface area contributed by atoms with Gasteiger partial charge in [0, 0.05) is 54.9 Å². The van der Waals surface area contributed by atoms with Crippen molar-refractivity contribution in [3.8, 4) is 0 Å². The van der Waals surface area contributed by atoms with Gasteiger partial charge in [0.25, 0.3) is 5.56 Å². The molecule has 0 spiro atoms. The van der Waals surface area contributed by atoms with Crippen LogP contribution in [-0.4, -0.2) is 53.6 Å². The summed E-state index contributed by atoms with van der Waals surface area (Å²) in [5.41, 5.74) is 1.40. The van der Waals surface area contributed by atoms with Crippen molar-refractivity contribution < 1.29 is 0 Å². The molecule has 1 radical (unpaired) electrons. The van der Waals surface area contributed by atoms with Crippen molar-refractivity contribution in [2.45, 2.75) is 13.8 Å². The quantitative estimate of drug-likeness (QED) is 0.638. The van der Waals surface area contributed by atoms with Gasteiger partial charge >= 0.3 is 0 Å². The van der Waals surface area contributed by atoms with Gasteiger partial charge in [-0.05, 0) is 13.8 Å². The molecule has 0 aromatic carbocycles. The molecule has 13 heavy (non-hydrogen) atoms. The number of hydrogen-bond acceptors (Lipinski definition) is 3. The summed E-state index contributed by atoms with van der Waals surface area (Å²) in [7, 11) is 3.68. The third kappa shape index (κ3) is 2.83. The standard InChI is InChI=1S/C8H13N3O.Na/c1-5-6(2)9-8(11(3)4)10-7(5)12;/h1-4H3,(H,9,10,12);. The smallest absolute Gasteiger partial charge is 0.255 e. The molecule has 0 atom stereocenters. The maximum absolute atomic E-state index is 11.2. The molecule has 0 saturated heterocycles. The van der Waals surface area contributed by atoms with Crippen LogP contribution in [-0.2, 0) is 0 Å². The Morgan fingerprint density at radius 2 is 1.85 bits per heavy atom. The van der Waals surface area contributed by atoms with Gasteiger partial charge in [-0.25, -0.2) is 4.98 Å². The van der Waals surface area contributed by atoms with E-state index in [-0.39, 0.29) is 35.1 Å². The van der Waals surface area contributed by atoms with Crippen molar-refractivity contribution in [3.05, 3.63) is 21.6 Å². The van der Waals surface area contributed by atoms with Crippen molar-refractivity contribution in [1.82, 2.24) is 9.97 Å². The molecule has 0 aliphatic carbocycles. The molecule has 5 heteroatoms. The summed E-state index contributed by atoms with van der Waals surface area (Å²) in [6, 6.07) is 0. The molecule has 1 heterocycles. The van der Waals surface area contributed by atoms with Gasteiger partial charge in [-0.15, -0.1) is 0 Å². The molecule has 1 rings (SSSR count). The van der Waals surface area contributed by atoms with Crippen LogP contribution in [0.4, 0.5) is 5.95 Å². The van der Waals surface area contributed by atoms with E-state index in [2.05, 4.69) is 9.97 Å². The van der Waals surface area contributed by atoms with Crippen LogP contribution in [0.5, 0.6) is 0 Å². The van der Waals surface area contributed by atoms with E-state index >= 15 is 0 Å². The number of H-pyrrole nitrogens is 1. The zero-order valence-electron chi connectivity index (χ0n) is 8.80. The Balaban J connectivity index is 0.00000144. The van der Waals surface area contributed by atoms with E-state index in [1.807, 2.05) is 21.0 Å². The summed E-state index contributed by atoms with van der Waals surface area (Å²) in [6.07, 6.45) is 0. The summed E-state index contributed by atoms with van der Waals surface area (Å²) < 4.78 is 0. The number of aromatic amines is 1. The van der Waals surface area contributed by atoms with Crippen LogP contribution in [0.3, 0.4) is 0 Å². The van der Waals surface area contributed by atoms with E-state index in [4.69, 9.17) is 0 Å². The molecule has 0 saturated carbocycles. The Bertz CT molecular complexity index is 346. The first-order valence-corrected chi connectivity index (χ1v) is 3.77. The number of aromatic nitrogens is 2. The van der Waals surface area contributed by atoms with Crippen LogP contribution in [0.25, 0.3) is 0 Å². The predicted molar refractivity (Wildman–Crippen MR) is 54.4 cm³/mol. The molecule has 1 aromatic rings. The molecule has 0 unspecified atom stereocenters. The minimum Gasteiger partial charge on any atom is -0.348 e. The first-order valence-electron chi connectivity index (χ1n) is 3.77.